The third kappa shape index (κ3) is 2.51. The van der Waals surface area contributed by atoms with Crippen molar-refractivity contribution in [2.45, 2.75) is 51.6 Å². The third-order valence-electron chi connectivity index (χ3n) is 2.77. The van der Waals surface area contributed by atoms with E-state index in [0.29, 0.717) is 18.2 Å². The molecule has 3 nitrogen and oxygen atoms in total. The summed E-state index contributed by atoms with van der Waals surface area (Å²) in [5.74, 6) is 0.366. The van der Waals surface area contributed by atoms with Crippen molar-refractivity contribution in [3.05, 3.63) is 0 Å². The molecule has 0 radical (unpaired) electrons. The fourth-order valence-corrected chi connectivity index (χ4v) is 1.90. The van der Waals surface area contributed by atoms with Gasteiger partial charge in [0.25, 0.3) is 0 Å². The van der Waals surface area contributed by atoms with Crippen LogP contribution in [-0.4, -0.2) is 29.9 Å². The molecule has 0 aliphatic carbocycles. The predicted molar refractivity (Wildman–Crippen MR) is 53.3 cm³/mol. The Balaban J connectivity index is 2.43. The highest BCUT2D eigenvalue weighted by Gasteiger charge is 2.31. The van der Waals surface area contributed by atoms with E-state index < -0.39 is 0 Å². The van der Waals surface area contributed by atoms with Crippen LogP contribution in [0, 0.1) is 0 Å². The maximum absolute atomic E-state index is 11.6. The van der Waals surface area contributed by atoms with Crippen LogP contribution in [0.15, 0.2) is 0 Å². The zero-order chi connectivity index (χ0) is 9.84. The highest BCUT2D eigenvalue weighted by Crippen LogP contribution is 2.17. The van der Waals surface area contributed by atoms with E-state index in [-0.39, 0.29) is 6.04 Å². The Morgan fingerprint density at radius 3 is 2.69 bits per heavy atom. The van der Waals surface area contributed by atoms with Gasteiger partial charge in [0.15, 0.2) is 5.78 Å². The molecule has 0 saturated carbocycles. The highest BCUT2D eigenvalue weighted by molar-refractivity contribution is 5.84. The van der Waals surface area contributed by atoms with E-state index in [0.717, 1.165) is 19.3 Å². The Labute approximate surface area is 80.5 Å². The third-order valence-corrected chi connectivity index (χ3v) is 2.77. The number of carbonyl (C=O) groups excluding carboxylic acids is 1. The van der Waals surface area contributed by atoms with Crippen LogP contribution in [-0.2, 0) is 4.79 Å². The van der Waals surface area contributed by atoms with Gasteiger partial charge in [0.05, 0.1) is 6.04 Å². The summed E-state index contributed by atoms with van der Waals surface area (Å²) >= 11 is 0. The first-order valence-corrected chi connectivity index (χ1v) is 5.20. The Bertz CT molecular complexity index is 182. The van der Waals surface area contributed by atoms with Crippen LogP contribution in [0.25, 0.3) is 0 Å². The molecule has 2 unspecified atom stereocenters. The number of hydrogen-bond donors (Lipinski definition) is 1. The van der Waals surface area contributed by atoms with Crippen LogP contribution in [0.4, 0.5) is 0 Å². The minimum atomic E-state index is 0.0786. The van der Waals surface area contributed by atoms with Gasteiger partial charge < -0.3 is 0 Å². The van der Waals surface area contributed by atoms with E-state index in [1.807, 2.05) is 14.0 Å². The van der Waals surface area contributed by atoms with E-state index in [4.69, 9.17) is 0 Å². The summed E-state index contributed by atoms with van der Waals surface area (Å²) in [5.41, 5.74) is 3.22. The van der Waals surface area contributed by atoms with Gasteiger partial charge in [0.1, 0.15) is 0 Å². The predicted octanol–water partition coefficient (Wildman–Crippen LogP) is 1.34. The molecule has 0 aromatic heterocycles. The number of ketones is 1. The molecule has 0 spiro atoms. The van der Waals surface area contributed by atoms with Crippen molar-refractivity contribution in [3.8, 4) is 0 Å². The lowest BCUT2D eigenvalue weighted by Crippen LogP contribution is -2.38. The van der Waals surface area contributed by atoms with E-state index in [1.165, 1.54) is 0 Å². The van der Waals surface area contributed by atoms with E-state index in [1.54, 1.807) is 0 Å². The van der Waals surface area contributed by atoms with E-state index in [9.17, 15) is 4.79 Å². The number of Topliss-reactive ketones (excluding diaryl/α,β-unsaturated/α-hetero) is 1. The molecule has 2 atom stereocenters. The summed E-state index contributed by atoms with van der Waals surface area (Å²) in [6.07, 6.45) is 3.75. The van der Waals surface area contributed by atoms with Crippen LogP contribution in [0.5, 0.6) is 0 Å². The number of carbonyl (C=O) groups is 1. The molecule has 76 valence electrons. The quantitative estimate of drug-likeness (QED) is 0.715. The molecule has 1 heterocycles. The van der Waals surface area contributed by atoms with Gasteiger partial charge in [-0.3, -0.25) is 4.79 Å². The van der Waals surface area contributed by atoms with Gasteiger partial charge in [-0.25, -0.2) is 10.4 Å². The van der Waals surface area contributed by atoms with Crippen molar-refractivity contribution in [3.63, 3.8) is 0 Å². The Morgan fingerprint density at radius 1 is 1.54 bits per heavy atom. The SMILES string of the molecule is CCCC(=O)C1CC(CC)N(C)N1. The topological polar surface area (TPSA) is 32.3 Å². The number of nitrogens with one attached hydrogen (secondary N) is 1. The zero-order valence-electron chi connectivity index (χ0n) is 8.84. The van der Waals surface area contributed by atoms with Crippen LogP contribution >= 0.6 is 0 Å². The smallest absolute Gasteiger partial charge is 0.151 e. The molecule has 1 rings (SSSR count). The van der Waals surface area contributed by atoms with Crippen molar-refractivity contribution in [2.24, 2.45) is 0 Å². The number of hydrazine groups is 1. The summed E-state index contributed by atoms with van der Waals surface area (Å²) in [5, 5.41) is 2.08. The average Bonchev–Trinajstić information content (AvgIpc) is 2.47. The molecule has 0 aromatic carbocycles. The first-order chi connectivity index (χ1) is 6.19. The molecule has 1 saturated heterocycles. The average molecular weight is 184 g/mol. The minimum absolute atomic E-state index is 0.0786. The van der Waals surface area contributed by atoms with Crippen molar-refractivity contribution in [1.29, 1.82) is 0 Å². The molecule has 0 bridgehead atoms. The van der Waals surface area contributed by atoms with Gasteiger partial charge in [-0.2, -0.15) is 0 Å². The maximum atomic E-state index is 11.6. The minimum Gasteiger partial charge on any atom is -0.298 e. The van der Waals surface area contributed by atoms with Crippen LogP contribution in [0.2, 0.25) is 0 Å². The molecule has 3 heteroatoms. The molecular weight excluding hydrogens is 164 g/mol. The number of rotatable bonds is 4. The van der Waals surface area contributed by atoms with Crippen molar-refractivity contribution in [1.82, 2.24) is 10.4 Å². The van der Waals surface area contributed by atoms with Crippen molar-refractivity contribution < 1.29 is 4.79 Å². The summed E-state index contributed by atoms with van der Waals surface area (Å²) in [7, 11) is 2.02. The van der Waals surface area contributed by atoms with Crippen LogP contribution in [0.1, 0.15) is 39.5 Å². The summed E-state index contributed by atoms with van der Waals surface area (Å²) in [4.78, 5) is 11.6. The Hall–Kier alpha value is -0.410. The normalized spacial score (nSPS) is 29.5. The standard InChI is InChI=1S/C10H20N2O/c1-4-6-10(13)9-7-8(5-2)12(3)11-9/h8-9,11H,4-7H2,1-3H3. The lowest BCUT2D eigenvalue weighted by Gasteiger charge is -2.16. The molecule has 0 aromatic rings. The lowest BCUT2D eigenvalue weighted by molar-refractivity contribution is -0.121. The summed E-state index contributed by atoms with van der Waals surface area (Å²) in [6, 6.07) is 0.612. The first kappa shape index (κ1) is 10.7. The molecule has 1 aliphatic heterocycles. The molecule has 13 heavy (non-hydrogen) atoms. The molecular formula is C10H20N2O. The molecule has 1 N–H and O–H groups in total. The van der Waals surface area contributed by atoms with Gasteiger partial charge in [-0.05, 0) is 19.3 Å². The fourth-order valence-electron chi connectivity index (χ4n) is 1.90. The molecule has 1 fully saturated rings. The number of nitrogens with zero attached hydrogens (tertiary/aromatic N) is 1. The van der Waals surface area contributed by atoms with Gasteiger partial charge in [0, 0.05) is 19.5 Å². The second-order valence-electron chi connectivity index (χ2n) is 3.81. The molecule has 1 aliphatic rings. The Kier molecular flexibility index (Phi) is 3.88. The highest BCUT2D eigenvalue weighted by atomic mass is 16.1. The van der Waals surface area contributed by atoms with Crippen LogP contribution in [0.3, 0.4) is 0 Å². The summed E-state index contributed by atoms with van der Waals surface area (Å²) < 4.78 is 0. The van der Waals surface area contributed by atoms with Crippen molar-refractivity contribution >= 4 is 5.78 Å². The largest absolute Gasteiger partial charge is 0.298 e. The van der Waals surface area contributed by atoms with E-state index >= 15 is 0 Å². The zero-order valence-corrected chi connectivity index (χ0v) is 8.84. The van der Waals surface area contributed by atoms with Crippen molar-refractivity contribution in [2.75, 3.05) is 7.05 Å². The van der Waals surface area contributed by atoms with Gasteiger partial charge >= 0.3 is 0 Å². The maximum Gasteiger partial charge on any atom is 0.151 e. The van der Waals surface area contributed by atoms with E-state index in [2.05, 4.69) is 17.4 Å². The Morgan fingerprint density at radius 2 is 2.23 bits per heavy atom. The lowest BCUT2D eigenvalue weighted by atomic mass is 10.0. The van der Waals surface area contributed by atoms with Crippen LogP contribution < -0.4 is 5.43 Å². The van der Waals surface area contributed by atoms with Gasteiger partial charge in [-0.1, -0.05) is 13.8 Å². The molecule has 0 amide bonds. The second kappa shape index (κ2) is 4.72. The second-order valence-corrected chi connectivity index (χ2v) is 3.81. The summed E-state index contributed by atoms with van der Waals surface area (Å²) in [6.45, 7) is 4.21. The first-order valence-electron chi connectivity index (χ1n) is 5.20. The number of hydrogen-bond acceptors (Lipinski definition) is 3. The fraction of sp³-hybridized carbons (Fsp3) is 0.900. The monoisotopic (exact) mass is 184 g/mol. The van der Waals surface area contributed by atoms with Gasteiger partial charge in [0.2, 0.25) is 0 Å². The van der Waals surface area contributed by atoms with Gasteiger partial charge in [-0.15, -0.1) is 0 Å².